The van der Waals surface area contributed by atoms with Crippen molar-refractivity contribution in [2.45, 2.75) is 220 Å². The molecule has 1 spiro atoms. The molecular formula is C50H80O23. The van der Waals surface area contributed by atoms with E-state index in [0.29, 0.717) is 43.5 Å². The molecule has 23 nitrogen and oxygen atoms in total. The van der Waals surface area contributed by atoms with Gasteiger partial charge in [0, 0.05) is 30.1 Å². The van der Waals surface area contributed by atoms with Gasteiger partial charge in [0.05, 0.1) is 45.2 Å². The first-order valence-corrected chi connectivity index (χ1v) is 26.7. The third kappa shape index (κ3) is 9.30. The average molecular weight is 1050 g/mol. The third-order valence-electron chi connectivity index (χ3n) is 19.9. The van der Waals surface area contributed by atoms with E-state index >= 15 is 0 Å². The van der Waals surface area contributed by atoms with Gasteiger partial charge in [0.2, 0.25) is 0 Å². The topological polar surface area (TPSA) is 352 Å². The van der Waals surface area contributed by atoms with Crippen LogP contribution in [0.25, 0.3) is 0 Å². The van der Waals surface area contributed by atoms with Crippen molar-refractivity contribution in [3.8, 4) is 0 Å². The summed E-state index contributed by atoms with van der Waals surface area (Å²) in [6, 6.07) is 0. The van der Waals surface area contributed by atoms with Gasteiger partial charge in [-0.1, -0.05) is 27.7 Å². The van der Waals surface area contributed by atoms with Crippen molar-refractivity contribution in [1.29, 1.82) is 0 Å². The molecule has 4 aliphatic carbocycles. The predicted octanol–water partition coefficient (Wildman–Crippen LogP) is -3.09. The van der Waals surface area contributed by atoms with Gasteiger partial charge in [-0.15, -0.1) is 0 Å². The summed E-state index contributed by atoms with van der Waals surface area (Å²) in [5, 5.41) is 129. The molecule has 0 amide bonds. The van der Waals surface area contributed by atoms with Crippen LogP contribution in [0.4, 0.5) is 0 Å². The molecule has 6 saturated heterocycles. The predicted molar refractivity (Wildman–Crippen MR) is 243 cm³/mol. The molecule has 31 unspecified atom stereocenters. The molecule has 0 radical (unpaired) electrons. The highest BCUT2D eigenvalue weighted by molar-refractivity contribution is 5.87. The molecule has 0 bridgehead atoms. The van der Waals surface area contributed by atoms with Gasteiger partial charge in [-0.2, -0.15) is 0 Å². The van der Waals surface area contributed by atoms with E-state index in [1.807, 2.05) is 0 Å². The Kier molecular flexibility index (Phi) is 15.9. The minimum absolute atomic E-state index is 0.000453. The Labute approximate surface area is 423 Å². The van der Waals surface area contributed by atoms with Crippen LogP contribution in [0.2, 0.25) is 0 Å². The van der Waals surface area contributed by atoms with Crippen molar-refractivity contribution in [2.24, 2.45) is 52.3 Å². The molecule has 0 aromatic carbocycles. The highest BCUT2D eigenvalue weighted by atomic mass is 16.8. The molecule has 23 heteroatoms. The zero-order valence-corrected chi connectivity index (χ0v) is 41.9. The van der Waals surface area contributed by atoms with E-state index < -0.39 is 154 Å². The SMILES string of the molecule is CC1CCC2(OC1)OC1CC3C4CCC5CC(OC6OC(CO)C(OC7OC(CO)C(OC8OC(CO)C(O)C(O)C8OC8OCC(O)C(O)C8O)C(O)C7O)C(O)C6O)CCC5(C)C4CC(=O)C3(C)C1C2C. The van der Waals surface area contributed by atoms with Crippen LogP contribution in [-0.4, -0.2) is 235 Å². The smallest absolute Gasteiger partial charge is 0.187 e. The lowest BCUT2D eigenvalue weighted by atomic mass is 9.44. The quantitative estimate of drug-likeness (QED) is 0.0913. The molecule has 0 aromatic rings. The van der Waals surface area contributed by atoms with Crippen LogP contribution in [0, 0.1) is 52.3 Å². The number of hydrogen-bond donors (Lipinski definition) is 12. The lowest BCUT2D eigenvalue weighted by molar-refractivity contribution is -0.393. The van der Waals surface area contributed by atoms with Crippen molar-refractivity contribution in [3.05, 3.63) is 0 Å². The first-order chi connectivity index (χ1) is 34.7. The van der Waals surface area contributed by atoms with E-state index in [0.717, 1.165) is 38.5 Å². The van der Waals surface area contributed by atoms with Crippen LogP contribution in [0.3, 0.4) is 0 Å². The van der Waals surface area contributed by atoms with E-state index in [1.54, 1.807) is 0 Å². The molecule has 10 aliphatic rings. The molecule has 12 N–H and O–H groups in total. The zero-order chi connectivity index (χ0) is 52.2. The number of carbonyl (C=O) groups excluding carboxylic acids is 1. The van der Waals surface area contributed by atoms with E-state index in [4.69, 9.17) is 47.4 Å². The van der Waals surface area contributed by atoms with Gasteiger partial charge >= 0.3 is 0 Å². The number of hydrogen-bond acceptors (Lipinski definition) is 23. The van der Waals surface area contributed by atoms with Gasteiger partial charge < -0.3 is 109 Å². The van der Waals surface area contributed by atoms with E-state index in [9.17, 15) is 66.1 Å². The molecule has 0 aromatic heterocycles. The summed E-state index contributed by atoms with van der Waals surface area (Å²) in [6.45, 7) is 6.70. The third-order valence-corrected chi connectivity index (χ3v) is 19.9. The summed E-state index contributed by atoms with van der Waals surface area (Å²) in [7, 11) is 0. The van der Waals surface area contributed by atoms with Gasteiger partial charge in [0.15, 0.2) is 30.9 Å². The zero-order valence-electron chi connectivity index (χ0n) is 41.9. The number of aliphatic hydroxyl groups is 12. The first-order valence-electron chi connectivity index (χ1n) is 26.7. The van der Waals surface area contributed by atoms with Crippen molar-refractivity contribution in [1.82, 2.24) is 0 Å². The Morgan fingerprint density at radius 2 is 1.18 bits per heavy atom. The summed E-state index contributed by atoms with van der Waals surface area (Å²) < 4.78 is 60.1. The summed E-state index contributed by atoms with van der Waals surface area (Å²) in [4.78, 5) is 14.6. The van der Waals surface area contributed by atoms with Crippen molar-refractivity contribution in [2.75, 3.05) is 33.0 Å². The Bertz CT molecular complexity index is 1910. The summed E-state index contributed by atoms with van der Waals surface area (Å²) in [5.74, 6) is 1.53. The standard InChI is InChI=1S/C50H80O23/c1-19-7-10-50(65-17-19)20(2)32-27(73-50)12-25-23-6-5-21-11-22(8-9-48(21,3)24(23)13-31(55)49(25,32)4)66-45-39(62)36(59)41(29(15-52)68-45)70-46-40(63)37(60)42(30(16-53)69-46)71-47-43(35(58)34(57)28(14-51)67-47)72-44-38(61)33(56)26(54)18-64-44/h19-30,32-47,51-54,56-63H,5-18H2,1-4H3. The summed E-state index contributed by atoms with van der Waals surface area (Å²) >= 11 is 0. The van der Waals surface area contributed by atoms with Crippen LogP contribution < -0.4 is 0 Å². The van der Waals surface area contributed by atoms with Crippen LogP contribution in [-0.2, 0) is 52.2 Å². The molecule has 6 heterocycles. The van der Waals surface area contributed by atoms with Gasteiger partial charge in [0.25, 0.3) is 0 Å². The number of fused-ring (bicyclic) bond motifs is 7. The van der Waals surface area contributed by atoms with Gasteiger partial charge in [-0.25, -0.2) is 0 Å². The molecule has 6 aliphatic heterocycles. The second kappa shape index (κ2) is 21.1. The number of carbonyl (C=O) groups is 1. The Hall–Kier alpha value is -1.21. The molecule has 418 valence electrons. The molecule has 10 rings (SSSR count). The first kappa shape index (κ1) is 55.1. The van der Waals surface area contributed by atoms with Gasteiger partial charge in [0.1, 0.15) is 97.3 Å². The van der Waals surface area contributed by atoms with Crippen LogP contribution in [0.1, 0.15) is 85.5 Å². The molecule has 10 fully saturated rings. The lowest BCUT2D eigenvalue weighted by Crippen LogP contribution is -2.67. The number of aliphatic hydroxyl groups excluding tert-OH is 12. The maximum absolute atomic E-state index is 14.6. The normalized spacial score (nSPS) is 57.2. The molecule has 73 heavy (non-hydrogen) atoms. The van der Waals surface area contributed by atoms with E-state index in [1.165, 1.54) is 0 Å². The van der Waals surface area contributed by atoms with Crippen LogP contribution in [0.15, 0.2) is 0 Å². The Morgan fingerprint density at radius 3 is 1.81 bits per heavy atom. The fourth-order valence-electron chi connectivity index (χ4n) is 15.6. The Morgan fingerprint density at radius 1 is 0.589 bits per heavy atom. The monoisotopic (exact) mass is 1050 g/mol. The molecule has 31 atom stereocenters. The van der Waals surface area contributed by atoms with Gasteiger partial charge in [-0.05, 0) is 80.0 Å². The maximum Gasteiger partial charge on any atom is 0.187 e. The second-order valence-electron chi connectivity index (χ2n) is 23.7. The van der Waals surface area contributed by atoms with E-state index in [-0.39, 0.29) is 47.2 Å². The Balaban J connectivity index is 0.756. The summed E-state index contributed by atoms with van der Waals surface area (Å²) in [6.07, 6.45) is -25.6. The molecule has 4 saturated carbocycles. The minimum Gasteiger partial charge on any atom is -0.394 e. The number of Topliss-reactive ketones (excluding diaryl/α,β-unsaturated/α-hetero) is 1. The van der Waals surface area contributed by atoms with Crippen LogP contribution in [0.5, 0.6) is 0 Å². The fourth-order valence-corrected chi connectivity index (χ4v) is 15.6. The average Bonchev–Trinajstić information content (AvgIpc) is 3.83. The number of ether oxygens (including phenoxy) is 10. The van der Waals surface area contributed by atoms with E-state index in [2.05, 4.69) is 27.7 Å². The largest absolute Gasteiger partial charge is 0.394 e. The highest BCUT2D eigenvalue weighted by Crippen LogP contribution is 2.70. The lowest BCUT2D eigenvalue weighted by Gasteiger charge is -2.60. The maximum atomic E-state index is 14.6. The van der Waals surface area contributed by atoms with Crippen LogP contribution >= 0.6 is 0 Å². The van der Waals surface area contributed by atoms with Crippen molar-refractivity contribution < 1.29 is 113 Å². The van der Waals surface area contributed by atoms with Gasteiger partial charge in [-0.3, -0.25) is 4.79 Å². The summed E-state index contributed by atoms with van der Waals surface area (Å²) in [5.41, 5.74) is -0.588. The second-order valence-corrected chi connectivity index (χ2v) is 23.7. The van der Waals surface area contributed by atoms with Crippen molar-refractivity contribution in [3.63, 3.8) is 0 Å². The fraction of sp³-hybridized carbons (Fsp3) is 0.980. The minimum atomic E-state index is -2.02. The number of rotatable bonds is 11. The number of ketones is 1. The van der Waals surface area contributed by atoms with Crippen molar-refractivity contribution >= 4 is 5.78 Å². The molecular weight excluding hydrogens is 969 g/mol. The highest BCUT2D eigenvalue weighted by Gasteiger charge is 2.72.